The number of methoxy groups -OCH3 is 1. The molecule has 2 aliphatic rings. The maximum atomic E-state index is 13.0. The lowest BCUT2D eigenvalue weighted by atomic mass is 10.2. The van der Waals surface area contributed by atoms with E-state index in [4.69, 9.17) is 4.74 Å². The molecule has 140 valence electrons. The zero-order valence-electron chi connectivity index (χ0n) is 14.9. The summed E-state index contributed by atoms with van der Waals surface area (Å²) in [6.45, 7) is 1.48. The smallest absolute Gasteiger partial charge is 0.356 e. The molecule has 2 aromatic rings. The van der Waals surface area contributed by atoms with Crippen LogP contribution in [-0.4, -0.2) is 52.8 Å². The SMILES string of the molecule is COC(=O)c1ccc2c(n1)N(C(=O)Nc1cc(=O)n(C)cn1)[C@H]1CCN2C1. The highest BCUT2D eigenvalue weighted by atomic mass is 16.5. The number of hydrogen-bond acceptors (Lipinski definition) is 7. The van der Waals surface area contributed by atoms with Gasteiger partial charge in [0.15, 0.2) is 11.5 Å². The van der Waals surface area contributed by atoms with Gasteiger partial charge >= 0.3 is 12.0 Å². The van der Waals surface area contributed by atoms with Crippen LogP contribution < -0.4 is 20.7 Å². The molecule has 1 fully saturated rings. The molecule has 1 atom stereocenters. The predicted molar refractivity (Wildman–Crippen MR) is 97.2 cm³/mol. The number of anilines is 3. The number of aromatic nitrogens is 3. The van der Waals surface area contributed by atoms with Gasteiger partial charge in [0.25, 0.3) is 5.56 Å². The highest BCUT2D eigenvalue weighted by molar-refractivity contribution is 6.04. The Kier molecular flexibility index (Phi) is 4.02. The molecule has 1 saturated heterocycles. The van der Waals surface area contributed by atoms with Crippen LogP contribution in [0.3, 0.4) is 0 Å². The first-order valence-electron chi connectivity index (χ1n) is 8.45. The van der Waals surface area contributed by atoms with Crippen molar-refractivity contribution in [2.45, 2.75) is 12.5 Å². The molecule has 2 amide bonds. The van der Waals surface area contributed by atoms with Crippen LogP contribution in [-0.2, 0) is 11.8 Å². The van der Waals surface area contributed by atoms with E-state index in [0.717, 1.165) is 18.7 Å². The summed E-state index contributed by atoms with van der Waals surface area (Å²) < 4.78 is 6.04. The molecule has 0 aliphatic carbocycles. The third-order valence-corrected chi connectivity index (χ3v) is 4.78. The van der Waals surface area contributed by atoms with Crippen LogP contribution in [0.25, 0.3) is 0 Å². The maximum absolute atomic E-state index is 13.0. The van der Waals surface area contributed by atoms with Gasteiger partial charge in [-0.25, -0.2) is 19.6 Å². The van der Waals surface area contributed by atoms with E-state index >= 15 is 0 Å². The minimum absolute atomic E-state index is 0.0792. The van der Waals surface area contributed by atoms with Crippen LogP contribution in [0.2, 0.25) is 0 Å². The Balaban J connectivity index is 1.70. The van der Waals surface area contributed by atoms with Crippen molar-refractivity contribution >= 4 is 29.3 Å². The van der Waals surface area contributed by atoms with Crippen LogP contribution in [0.4, 0.5) is 22.1 Å². The Morgan fingerprint density at radius 2 is 2.15 bits per heavy atom. The van der Waals surface area contributed by atoms with E-state index in [1.807, 2.05) is 0 Å². The van der Waals surface area contributed by atoms with Gasteiger partial charge in [0.05, 0.1) is 25.2 Å². The number of hydrogen-bond donors (Lipinski definition) is 1. The first-order valence-corrected chi connectivity index (χ1v) is 8.45. The van der Waals surface area contributed by atoms with Gasteiger partial charge in [-0.3, -0.25) is 15.0 Å². The van der Waals surface area contributed by atoms with Crippen LogP contribution in [0.15, 0.2) is 29.3 Å². The summed E-state index contributed by atoms with van der Waals surface area (Å²) in [5.41, 5.74) is 0.629. The second kappa shape index (κ2) is 6.38. The van der Waals surface area contributed by atoms with E-state index < -0.39 is 12.0 Å². The molecule has 2 bridgehead atoms. The van der Waals surface area contributed by atoms with E-state index in [9.17, 15) is 14.4 Å². The molecular formula is C17H18N6O4. The minimum atomic E-state index is -0.570. The van der Waals surface area contributed by atoms with Crippen molar-refractivity contribution in [1.82, 2.24) is 14.5 Å². The summed E-state index contributed by atoms with van der Waals surface area (Å²) in [6.07, 6.45) is 2.12. The largest absolute Gasteiger partial charge is 0.464 e. The minimum Gasteiger partial charge on any atom is -0.464 e. The summed E-state index contributed by atoms with van der Waals surface area (Å²) >= 11 is 0. The third-order valence-electron chi connectivity index (χ3n) is 4.78. The van der Waals surface area contributed by atoms with Gasteiger partial charge in [-0.15, -0.1) is 0 Å². The van der Waals surface area contributed by atoms with E-state index in [2.05, 4.69) is 20.2 Å². The van der Waals surface area contributed by atoms with E-state index in [-0.39, 0.29) is 23.1 Å². The highest BCUT2D eigenvalue weighted by Crippen LogP contribution is 2.39. The first kappa shape index (κ1) is 17.0. The zero-order chi connectivity index (χ0) is 19.1. The number of carbonyl (C=O) groups is 2. The average Bonchev–Trinajstić information content (AvgIpc) is 3.08. The summed E-state index contributed by atoms with van der Waals surface area (Å²) in [7, 11) is 2.86. The normalized spacial score (nSPS) is 17.5. The Morgan fingerprint density at radius 1 is 1.33 bits per heavy atom. The van der Waals surface area contributed by atoms with Crippen molar-refractivity contribution in [2.75, 3.05) is 35.3 Å². The predicted octanol–water partition coefficient (Wildman–Crippen LogP) is 0.593. The summed E-state index contributed by atoms with van der Waals surface area (Å²) in [4.78, 5) is 48.6. The Bertz CT molecular complexity index is 988. The average molecular weight is 370 g/mol. The number of urea groups is 1. The third kappa shape index (κ3) is 2.88. The molecule has 0 spiro atoms. The monoisotopic (exact) mass is 370 g/mol. The lowest BCUT2D eigenvalue weighted by molar-refractivity contribution is 0.0594. The van der Waals surface area contributed by atoms with Crippen molar-refractivity contribution in [1.29, 1.82) is 0 Å². The molecule has 4 rings (SSSR count). The second-order valence-corrected chi connectivity index (χ2v) is 6.44. The summed E-state index contributed by atoms with van der Waals surface area (Å²) in [5.74, 6) is -0.0125. The molecule has 0 saturated carbocycles. The number of carbonyl (C=O) groups excluding carboxylic acids is 2. The molecule has 4 heterocycles. The summed E-state index contributed by atoms with van der Waals surface area (Å²) in [5, 5.41) is 2.65. The number of amides is 2. The van der Waals surface area contributed by atoms with Crippen molar-refractivity contribution in [2.24, 2.45) is 7.05 Å². The molecule has 27 heavy (non-hydrogen) atoms. The molecule has 2 aliphatic heterocycles. The Hall–Kier alpha value is -3.43. The number of nitrogens with zero attached hydrogens (tertiary/aromatic N) is 5. The number of aryl methyl sites for hydroxylation is 1. The van der Waals surface area contributed by atoms with E-state index in [1.54, 1.807) is 19.2 Å². The van der Waals surface area contributed by atoms with Crippen molar-refractivity contribution in [3.05, 3.63) is 40.6 Å². The molecule has 2 aromatic heterocycles. The number of nitrogens with one attached hydrogen (secondary N) is 1. The van der Waals surface area contributed by atoms with Gasteiger partial charge in [-0.2, -0.15) is 0 Å². The van der Waals surface area contributed by atoms with Crippen LogP contribution in [0.1, 0.15) is 16.9 Å². The van der Waals surface area contributed by atoms with Gasteiger partial charge in [0.2, 0.25) is 0 Å². The van der Waals surface area contributed by atoms with Crippen LogP contribution >= 0.6 is 0 Å². The molecule has 1 N–H and O–H groups in total. The van der Waals surface area contributed by atoms with Gasteiger partial charge in [-0.05, 0) is 18.6 Å². The maximum Gasteiger partial charge on any atom is 0.356 e. The Morgan fingerprint density at radius 3 is 2.89 bits per heavy atom. The Labute approximate surface area is 154 Å². The number of fused-ring (bicyclic) bond motifs is 4. The van der Waals surface area contributed by atoms with Crippen molar-refractivity contribution < 1.29 is 14.3 Å². The first-order chi connectivity index (χ1) is 13.0. The topological polar surface area (TPSA) is 110 Å². The zero-order valence-corrected chi connectivity index (χ0v) is 14.9. The van der Waals surface area contributed by atoms with Gasteiger partial charge < -0.3 is 14.2 Å². The highest BCUT2D eigenvalue weighted by Gasteiger charge is 2.40. The fraction of sp³-hybridized carbons (Fsp3) is 0.353. The van der Waals surface area contributed by atoms with Gasteiger partial charge in [0, 0.05) is 26.2 Å². The van der Waals surface area contributed by atoms with Gasteiger partial charge in [-0.1, -0.05) is 0 Å². The standard InChI is InChI=1S/C17H18N6O4/c1-21-9-18-13(7-14(21)24)20-17(26)23-10-5-6-22(8-10)12-4-3-11(16(25)27-2)19-15(12)23/h3-4,7,9-10H,5-6,8H2,1-2H3,(H,20,26)/t10-/m0/s1. The number of ether oxygens (including phenoxy) is 1. The van der Waals surface area contributed by atoms with Crippen LogP contribution in [0, 0.1) is 0 Å². The van der Waals surface area contributed by atoms with E-state index in [0.29, 0.717) is 12.4 Å². The number of esters is 1. The lowest BCUT2D eigenvalue weighted by Gasteiger charge is -2.35. The van der Waals surface area contributed by atoms with Gasteiger partial charge in [0.1, 0.15) is 5.82 Å². The fourth-order valence-electron chi connectivity index (χ4n) is 3.39. The number of pyridine rings is 1. The number of rotatable bonds is 2. The van der Waals surface area contributed by atoms with E-state index in [1.165, 1.54) is 29.0 Å². The molecular weight excluding hydrogens is 352 g/mol. The van der Waals surface area contributed by atoms with Crippen molar-refractivity contribution in [3.8, 4) is 0 Å². The molecule has 10 heteroatoms. The second-order valence-electron chi connectivity index (χ2n) is 6.44. The fourth-order valence-corrected chi connectivity index (χ4v) is 3.39. The van der Waals surface area contributed by atoms with Crippen LogP contribution in [0.5, 0.6) is 0 Å². The molecule has 10 nitrogen and oxygen atoms in total. The summed E-state index contributed by atoms with van der Waals surface area (Å²) in [6, 6.07) is 4.08. The molecule has 0 aromatic carbocycles. The molecule has 0 radical (unpaired) electrons. The quantitative estimate of drug-likeness (QED) is 0.771. The molecule has 0 unspecified atom stereocenters. The lowest BCUT2D eigenvalue weighted by Crippen LogP contribution is -2.48. The van der Waals surface area contributed by atoms with Crippen molar-refractivity contribution in [3.63, 3.8) is 0 Å².